The third-order valence-corrected chi connectivity index (χ3v) is 8.10. The van der Waals surface area contributed by atoms with E-state index in [0.717, 1.165) is 16.7 Å². The Hall–Kier alpha value is -3.68. The molecule has 0 aliphatic rings. The first-order chi connectivity index (χ1) is 17.6. The van der Waals surface area contributed by atoms with Crippen molar-refractivity contribution < 1.29 is 21.6 Å². The minimum absolute atomic E-state index is 0.0740. The molecule has 2 aromatic carbocycles. The van der Waals surface area contributed by atoms with E-state index < -0.39 is 40.5 Å². The number of thiophene rings is 1. The van der Waals surface area contributed by atoms with Crippen LogP contribution in [0.3, 0.4) is 0 Å². The normalized spacial score (nSPS) is 12.3. The number of benzene rings is 2. The Morgan fingerprint density at radius 1 is 1.03 bits per heavy atom. The lowest BCUT2D eigenvalue weighted by Crippen LogP contribution is -2.27. The molecule has 0 aliphatic heterocycles. The topological polar surface area (TPSA) is 79.9 Å². The first-order valence-corrected chi connectivity index (χ1v) is 13.8. The summed E-state index contributed by atoms with van der Waals surface area (Å²) in [6.45, 7) is -1.43. The maximum Gasteiger partial charge on any atom is 0.269 e. The van der Waals surface area contributed by atoms with Gasteiger partial charge in [-0.15, -0.1) is 11.3 Å². The van der Waals surface area contributed by atoms with Crippen LogP contribution in [0.25, 0.3) is 21.0 Å². The predicted molar refractivity (Wildman–Crippen MR) is 137 cm³/mol. The number of aromatic nitrogens is 1. The molecule has 0 radical (unpaired) electrons. The predicted octanol–water partition coefficient (Wildman–Crippen LogP) is 5.56. The van der Waals surface area contributed by atoms with E-state index >= 15 is 0 Å². The van der Waals surface area contributed by atoms with Gasteiger partial charge in [0.15, 0.2) is 9.84 Å². The summed E-state index contributed by atoms with van der Waals surface area (Å²) in [6, 6.07) is 19.0. The molecule has 190 valence electrons. The molecule has 0 spiro atoms. The number of pyridine rings is 1. The first kappa shape index (κ1) is 26.4. The molecular weight excluding hydrogens is 521 g/mol. The summed E-state index contributed by atoms with van der Waals surface area (Å²) in [5.41, 5.74) is 0.327. The Morgan fingerprint density at radius 3 is 2.32 bits per heavy atom. The second-order valence-electron chi connectivity index (χ2n) is 8.44. The summed E-state index contributed by atoms with van der Waals surface area (Å²) in [5, 5.41) is 9.63. The van der Waals surface area contributed by atoms with Crippen molar-refractivity contribution in [2.75, 3.05) is 12.9 Å². The number of nitrogens with zero attached hydrogens (tertiary/aromatic N) is 2. The summed E-state index contributed by atoms with van der Waals surface area (Å²) in [4.78, 5) is 14.9. The van der Waals surface area contributed by atoms with Gasteiger partial charge in [-0.2, -0.15) is 5.26 Å². The Balaban J connectivity index is 1.86. The van der Waals surface area contributed by atoms with Gasteiger partial charge in [0.2, 0.25) is 0 Å². The smallest absolute Gasteiger partial charge is 0.269 e. The molecule has 5 nitrogen and oxygen atoms in total. The molecule has 0 aliphatic carbocycles. The van der Waals surface area contributed by atoms with Gasteiger partial charge in [-0.3, -0.25) is 4.79 Å². The molecule has 1 atom stereocenters. The van der Waals surface area contributed by atoms with Crippen LogP contribution in [0.15, 0.2) is 76.4 Å². The van der Waals surface area contributed by atoms with Crippen LogP contribution in [0.5, 0.6) is 0 Å². The van der Waals surface area contributed by atoms with E-state index in [1.54, 1.807) is 36.4 Å². The van der Waals surface area contributed by atoms with Crippen molar-refractivity contribution >= 4 is 21.2 Å². The second-order valence-corrected chi connectivity index (χ2v) is 11.5. The highest BCUT2D eigenvalue weighted by atomic mass is 32.2. The highest BCUT2D eigenvalue weighted by molar-refractivity contribution is 7.90. The molecule has 1 unspecified atom stereocenters. The van der Waals surface area contributed by atoms with Gasteiger partial charge in [0.1, 0.15) is 30.3 Å². The van der Waals surface area contributed by atoms with E-state index in [-0.39, 0.29) is 28.1 Å². The summed E-state index contributed by atoms with van der Waals surface area (Å²) < 4.78 is 66.1. The Morgan fingerprint density at radius 2 is 1.70 bits per heavy atom. The van der Waals surface area contributed by atoms with Crippen molar-refractivity contribution in [3.05, 3.63) is 99.6 Å². The van der Waals surface area contributed by atoms with Crippen molar-refractivity contribution in [3.8, 4) is 27.1 Å². The number of nitriles is 1. The number of rotatable bonds is 8. The van der Waals surface area contributed by atoms with Crippen LogP contribution in [-0.2, 0) is 22.8 Å². The van der Waals surface area contributed by atoms with Gasteiger partial charge in [-0.05, 0) is 47.5 Å². The van der Waals surface area contributed by atoms with E-state index in [1.807, 2.05) is 0 Å². The van der Waals surface area contributed by atoms with Gasteiger partial charge >= 0.3 is 0 Å². The van der Waals surface area contributed by atoms with Crippen LogP contribution in [0.1, 0.15) is 16.7 Å². The maximum atomic E-state index is 14.5. The molecule has 0 fully saturated rings. The average molecular weight is 543 g/mol. The van der Waals surface area contributed by atoms with Crippen LogP contribution in [-0.4, -0.2) is 32.1 Å². The lowest BCUT2D eigenvalue weighted by Gasteiger charge is -2.16. The Kier molecular flexibility index (Phi) is 7.66. The number of hydrogen-bond acceptors (Lipinski definition) is 5. The molecule has 37 heavy (non-hydrogen) atoms. The zero-order valence-electron chi connectivity index (χ0n) is 19.6. The third-order valence-electron chi connectivity index (χ3n) is 5.81. The molecule has 0 saturated carbocycles. The number of halogens is 3. The van der Waals surface area contributed by atoms with Crippen molar-refractivity contribution in [3.63, 3.8) is 0 Å². The van der Waals surface area contributed by atoms with Crippen LogP contribution in [0.4, 0.5) is 13.2 Å². The number of alkyl halides is 2. The maximum absolute atomic E-state index is 14.5. The van der Waals surface area contributed by atoms with Crippen LogP contribution < -0.4 is 5.56 Å². The first-order valence-electron chi connectivity index (χ1n) is 11.1. The van der Waals surface area contributed by atoms with Gasteiger partial charge < -0.3 is 4.57 Å². The summed E-state index contributed by atoms with van der Waals surface area (Å²) in [6.07, 6.45) is -1.21. The van der Waals surface area contributed by atoms with E-state index in [9.17, 15) is 31.6 Å². The summed E-state index contributed by atoms with van der Waals surface area (Å²) in [5.74, 6) is -0.526. The fraction of sp³-hybridized carbons (Fsp3) is 0.185. The number of hydrogen-bond donors (Lipinski definition) is 0. The highest BCUT2D eigenvalue weighted by Crippen LogP contribution is 2.35. The van der Waals surface area contributed by atoms with E-state index in [1.165, 1.54) is 52.3 Å². The number of sulfone groups is 1. The molecule has 0 N–H and O–H groups in total. The largest absolute Gasteiger partial charge is 0.302 e. The summed E-state index contributed by atoms with van der Waals surface area (Å²) >= 11 is 1.28. The fourth-order valence-corrected chi connectivity index (χ4v) is 5.59. The van der Waals surface area contributed by atoms with E-state index in [2.05, 4.69) is 0 Å². The molecule has 2 heterocycles. The van der Waals surface area contributed by atoms with Crippen molar-refractivity contribution in [1.29, 1.82) is 5.26 Å². The SMILES string of the molecule is CS(=O)(=O)c1ccc(-c2ccc(-c3cc(CC(F)CF)c(C#N)c(=O)n3Cc3ccccc3F)s2)cc1. The molecular formula is C27H21F3N2O3S2. The monoisotopic (exact) mass is 542 g/mol. The summed E-state index contributed by atoms with van der Waals surface area (Å²) in [7, 11) is -3.36. The Labute approximate surface area is 216 Å². The van der Waals surface area contributed by atoms with Gasteiger partial charge in [-0.25, -0.2) is 21.6 Å². The lowest BCUT2D eigenvalue weighted by atomic mass is 10.0. The van der Waals surface area contributed by atoms with Crippen molar-refractivity contribution in [1.82, 2.24) is 4.57 Å². The van der Waals surface area contributed by atoms with Crippen molar-refractivity contribution in [2.24, 2.45) is 0 Å². The van der Waals surface area contributed by atoms with Gasteiger partial charge in [0.05, 0.1) is 22.0 Å². The molecule has 4 aromatic rings. The van der Waals surface area contributed by atoms with E-state index in [0.29, 0.717) is 10.6 Å². The second kappa shape index (κ2) is 10.7. The molecule has 2 aromatic heterocycles. The average Bonchev–Trinajstić information content (AvgIpc) is 3.36. The molecule has 0 amide bonds. The lowest BCUT2D eigenvalue weighted by molar-refractivity contribution is 0.259. The highest BCUT2D eigenvalue weighted by Gasteiger charge is 2.21. The molecule has 0 saturated heterocycles. The minimum atomic E-state index is -3.36. The van der Waals surface area contributed by atoms with Gasteiger partial charge in [0, 0.05) is 23.1 Å². The van der Waals surface area contributed by atoms with Gasteiger partial charge in [-0.1, -0.05) is 30.3 Å². The Bertz CT molecular complexity index is 1650. The molecule has 4 rings (SSSR count). The van der Waals surface area contributed by atoms with Crippen LogP contribution >= 0.6 is 11.3 Å². The zero-order chi connectivity index (χ0) is 26.7. The van der Waals surface area contributed by atoms with Gasteiger partial charge in [0.25, 0.3) is 5.56 Å². The molecule has 0 bridgehead atoms. The fourth-order valence-electron chi connectivity index (χ4n) is 3.93. The molecule has 10 heteroatoms. The quantitative estimate of drug-likeness (QED) is 0.292. The minimum Gasteiger partial charge on any atom is -0.302 e. The zero-order valence-corrected chi connectivity index (χ0v) is 21.3. The third kappa shape index (κ3) is 5.68. The van der Waals surface area contributed by atoms with Crippen LogP contribution in [0.2, 0.25) is 0 Å². The van der Waals surface area contributed by atoms with Crippen molar-refractivity contribution in [2.45, 2.75) is 24.0 Å². The standard InChI is InChI=1S/C27H21F3N2O3S2/c1-37(34,35)21-8-6-17(7-9-21)25-10-11-26(36-25)24-13-19(12-20(29)14-28)22(15-31)27(33)32(24)16-18-4-2-3-5-23(18)30/h2-11,13,20H,12,14,16H2,1H3. The van der Waals surface area contributed by atoms with Crippen LogP contribution in [0, 0.1) is 17.1 Å². The van der Waals surface area contributed by atoms with E-state index in [4.69, 9.17) is 0 Å².